The van der Waals surface area contributed by atoms with Gasteiger partial charge in [0.15, 0.2) is 0 Å². The quantitative estimate of drug-likeness (QED) is 0.332. The van der Waals surface area contributed by atoms with Crippen molar-refractivity contribution in [2.75, 3.05) is 19.7 Å². The fourth-order valence-electron chi connectivity index (χ4n) is 4.71. The second kappa shape index (κ2) is 12.0. The molecule has 0 fully saturated rings. The van der Waals surface area contributed by atoms with Gasteiger partial charge in [0.2, 0.25) is 11.8 Å². The Morgan fingerprint density at radius 1 is 1.24 bits per heavy atom. The van der Waals surface area contributed by atoms with E-state index in [0.717, 1.165) is 31.2 Å². The number of nitrogens with zero attached hydrogens (tertiary/aromatic N) is 1. The SMILES string of the molecule is C=CCCC(=O)N(CCCCCC)C1C=C(C(=O)NCCO)C2c3ccccc3OC2C1O. The summed E-state index contributed by atoms with van der Waals surface area (Å²) in [4.78, 5) is 27.9. The molecule has 3 rings (SSSR count). The average molecular weight is 457 g/mol. The van der Waals surface area contributed by atoms with Crippen LogP contribution in [0.4, 0.5) is 0 Å². The van der Waals surface area contributed by atoms with Crippen LogP contribution in [0.3, 0.4) is 0 Å². The van der Waals surface area contributed by atoms with Crippen LogP contribution >= 0.6 is 0 Å². The van der Waals surface area contributed by atoms with Gasteiger partial charge in [-0.05, 0) is 25.0 Å². The second-order valence-electron chi connectivity index (χ2n) is 8.66. The van der Waals surface area contributed by atoms with E-state index in [0.29, 0.717) is 30.7 Å². The van der Waals surface area contributed by atoms with Gasteiger partial charge in [-0.3, -0.25) is 9.59 Å². The number of aliphatic hydroxyl groups excluding tert-OH is 2. The monoisotopic (exact) mass is 456 g/mol. The minimum absolute atomic E-state index is 0.0734. The van der Waals surface area contributed by atoms with Crippen LogP contribution in [0, 0.1) is 0 Å². The molecule has 1 aliphatic heterocycles. The van der Waals surface area contributed by atoms with Crippen molar-refractivity contribution in [1.82, 2.24) is 10.2 Å². The summed E-state index contributed by atoms with van der Waals surface area (Å²) >= 11 is 0. The van der Waals surface area contributed by atoms with Gasteiger partial charge in [-0.25, -0.2) is 0 Å². The number of aliphatic hydroxyl groups is 2. The van der Waals surface area contributed by atoms with E-state index >= 15 is 0 Å². The molecule has 3 N–H and O–H groups in total. The lowest BCUT2D eigenvalue weighted by molar-refractivity contribution is -0.137. The zero-order chi connectivity index (χ0) is 23.8. The zero-order valence-electron chi connectivity index (χ0n) is 19.4. The molecule has 0 bridgehead atoms. The fraction of sp³-hybridized carbons (Fsp3) is 0.538. The number of carbonyl (C=O) groups excluding carboxylic acids is 2. The number of carbonyl (C=O) groups is 2. The van der Waals surface area contributed by atoms with Gasteiger partial charge in [-0.1, -0.05) is 50.5 Å². The number of fused-ring (bicyclic) bond motifs is 3. The van der Waals surface area contributed by atoms with Crippen LogP contribution in [0.5, 0.6) is 5.75 Å². The molecular weight excluding hydrogens is 420 g/mol. The number of hydrogen-bond donors (Lipinski definition) is 3. The van der Waals surface area contributed by atoms with Crippen molar-refractivity contribution in [3.63, 3.8) is 0 Å². The molecule has 7 nitrogen and oxygen atoms in total. The lowest BCUT2D eigenvalue weighted by atomic mass is 9.77. The summed E-state index contributed by atoms with van der Waals surface area (Å²) in [6.07, 6.45) is 6.63. The molecule has 2 amide bonds. The topological polar surface area (TPSA) is 99.1 Å². The molecule has 7 heteroatoms. The van der Waals surface area contributed by atoms with Crippen molar-refractivity contribution >= 4 is 11.8 Å². The number of nitrogens with one attached hydrogen (secondary N) is 1. The molecule has 1 heterocycles. The Morgan fingerprint density at radius 2 is 2.03 bits per heavy atom. The van der Waals surface area contributed by atoms with Crippen molar-refractivity contribution in [3.8, 4) is 5.75 Å². The summed E-state index contributed by atoms with van der Waals surface area (Å²) in [5.74, 6) is -0.187. The number of rotatable bonds is 12. The predicted octanol–water partition coefficient (Wildman–Crippen LogP) is 2.68. The fourth-order valence-corrected chi connectivity index (χ4v) is 4.71. The van der Waals surface area contributed by atoms with E-state index in [-0.39, 0.29) is 25.0 Å². The molecule has 0 radical (unpaired) electrons. The Bertz CT molecular complexity index is 868. The molecule has 1 aliphatic carbocycles. The highest BCUT2D eigenvalue weighted by molar-refractivity contribution is 5.96. The smallest absolute Gasteiger partial charge is 0.247 e. The normalized spacial score (nSPS) is 23.1. The van der Waals surface area contributed by atoms with Gasteiger partial charge < -0.3 is 25.2 Å². The summed E-state index contributed by atoms with van der Waals surface area (Å²) in [6, 6.07) is 6.79. The molecule has 180 valence electrons. The average Bonchev–Trinajstić information content (AvgIpc) is 3.22. The molecule has 0 saturated carbocycles. The van der Waals surface area contributed by atoms with E-state index in [1.54, 1.807) is 17.1 Å². The third kappa shape index (κ3) is 5.65. The third-order valence-corrected chi connectivity index (χ3v) is 6.37. The van der Waals surface area contributed by atoms with E-state index in [9.17, 15) is 19.8 Å². The van der Waals surface area contributed by atoms with E-state index < -0.39 is 24.2 Å². The predicted molar refractivity (Wildman–Crippen MR) is 127 cm³/mol. The zero-order valence-corrected chi connectivity index (χ0v) is 19.4. The van der Waals surface area contributed by atoms with Crippen molar-refractivity contribution in [2.24, 2.45) is 0 Å². The summed E-state index contributed by atoms with van der Waals surface area (Å²) in [6.45, 7) is 6.30. The first-order chi connectivity index (χ1) is 16.0. The number of benzene rings is 1. The molecule has 33 heavy (non-hydrogen) atoms. The molecule has 0 aromatic heterocycles. The van der Waals surface area contributed by atoms with Crippen LogP contribution < -0.4 is 10.1 Å². The highest BCUT2D eigenvalue weighted by Crippen LogP contribution is 2.47. The van der Waals surface area contributed by atoms with E-state index in [1.165, 1.54) is 0 Å². The molecule has 4 unspecified atom stereocenters. The van der Waals surface area contributed by atoms with Gasteiger partial charge >= 0.3 is 0 Å². The van der Waals surface area contributed by atoms with E-state index in [2.05, 4.69) is 18.8 Å². The number of amides is 2. The largest absolute Gasteiger partial charge is 0.486 e. The Labute approximate surface area is 196 Å². The van der Waals surface area contributed by atoms with Crippen LogP contribution in [0.2, 0.25) is 0 Å². The van der Waals surface area contributed by atoms with Crippen LogP contribution in [-0.4, -0.2) is 64.9 Å². The molecule has 1 aromatic rings. The Balaban J connectivity index is 1.96. The molecule has 2 aliphatic rings. The van der Waals surface area contributed by atoms with Gasteiger partial charge in [0, 0.05) is 30.6 Å². The molecule has 0 saturated heterocycles. The van der Waals surface area contributed by atoms with Crippen LogP contribution in [-0.2, 0) is 9.59 Å². The molecule has 1 aromatic carbocycles. The molecule has 0 spiro atoms. The van der Waals surface area contributed by atoms with Crippen LogP contribution in [0.15, 0.2) is 48.6 Å². The molecular formula is C26H36N2O5. The van der Waals surface area contributed by atoms with E-state index in [4.69, 9.17) is 4.74 Å². The summed E-state index contributed by atoms with van der Waals surface area (Å²) in [5, 5.41) is 23.3. The van der Waals surface area contributed by atoms with Gasteiger partial charge in [-0.2, -0.15) is 0 Å². The lowest BCUT2D eigenvalue weighted by Crippen LogP contribution is -2.56. The van der Waals surface area contributed by atoms with Crippen molar-refractivity contribution < 1.29 is 24.5 Å². The summed E-state index contributed by atoms with van der Waals surface area (Å²) < 4.78 is 6.12. The second-order valence-corrected chi connectivity index (χ2v) is 8.66. The van der Waals surface area contributed by atoms with Crippen molar-refractivity contribution in [2.45, 2.75) is 69.6 Å². The van der Waals surface area contributed by atoms with Gasteiger partial charge in [0.1, 0.15) is 18.0 Å². The maximum Gasteiger partial charge on any atom is 0.247 e. The Morgan fingerprint density at radius 3 is 2.76 bits per heavy atom. The summed E-state index contributed by atoms with van der Waals surface area (Å²) in [7, 11) is 0. The first kappa shape index (κ1) is 25.0. The number of para-hydroxylation sites is 1. The highest BCUT2D eigenvalue weighted by atomic mass is 16.5. The lowest BCUT2D eigenvalue weighted by Gasteiger charge is -2.41. The maximum absolute atomic E-state index is 13.1. The number of unbranched alkanes of at least 4 members (excludes halogenated alkanes) is 3. The highest BCUT2D eigenvalue weighted by Gasteiger charge is 2.50. The van der Waals surface area contributed by atoms with Gasteiger partial charge in [0.25, 0.3) is 0 Å². The standard InChI is InChI=1S/C26H36N2O5/c1-3-5-7-10-15-28(22(30)13-6-4-2)20-17-19(26(32)27-14-16-29)23-18-11-8-9-12-21(18)33-25(23)24(20)31/h4,8-9,11-12,17,20,23-25,29,31H,2-3,5-7,10,13-16H2,1H3,(H,27,32). The van der Waals surface area contributed by atoms with Crippen LogP contribution in [0.1, 0.15) is 56.9 Å². The summed E-state index contributed by atoms with van der Waals surface area (Å²) in [5.41, 5.74) is 1.31. The first-order valence-corrected chi connectivity index (χ1v) is 12.0. The van der Waals surface area contributed by atoms with Crippen molar-refractivity contribution in [3.05, 3.63) is 54.1 Å². The third-order valence-electron chi connectivity index (χ3n) is 6.37. The Kier molecular flexibility index (Phi) is 9.09. The maximum atomic E-state index is 13.1. The minimum Gasteiger partial charge on any atom is -0.486 e. The number of ether oxygens (including phenoxy) is 1. The van der Waals surface area contributed by atoms with E-state index in [1.807, 2.05) is 24.3 Å². The Hall–Kier alpha value is -2.64. The first-order valence-electron chi connectivity index (χ1n) is 12.0. The van der Waals surface area contributed by atoms with Crippen LogP contribution in [0.25, 0.3) is 0 Å². The minimum atomic E-state index is -0.976. The molecule has 4 atom stereocenters. The van der Waals surface area contributed by atoms with Gasteiger partial charge in [-0.15, -0.1) is 6.58 Å². The number of hydrogen-bond acceptors (Lipinski definition) is 5. The number of allylic oxidation sites excluding steroid dienone is 1. The van der Waals surface area contributed by atoms with Gasteiger partial charge in [0.05, 0.1) is 18.6 Å². The van der Waals surface area contributed by atoms with Crippen molar-refractivity contribution in [1.29, 1.82) is 0 Å².